The predicted octanol–water partition coefficient (Wildman–Crippen LogP) is 2.41. The SMILES string of the molecule is CC(Cc1ccccc1)N(C)C(=O)n1ccnc1. The third-order valence-electron chi connectivity index (χ3n) is 3.06. The number of hydrogen-bond acceptors (Lipinski definition) is 2. The van der Waals surface area contributed by atoms with Gasteiger partial charge in [0.2, 0.25) is 0 Å². The first-order chi connectivity index (χ1) is 8.68. The van der Waals surface area contributed by atoms with Crippen molar-refractivity contribution < 1.29 is 4.79 Å². The molecule has 1 aromatic heterocycles. The summed E-state index contributed by atoms with van der Waals surface area (Å²) in [5.41, 5.74) is 1.23. The third kappa shape index (κ3) is 2.77. The van der Waals surface area contributed by atoms with Gasteiger partial charge in [-0.2, -0.15) is 0 Å². The van der Waals surface area contributed by atoms with Gasteiger partial charge < -0.3 is 4.90 Å². The van der Waals surface area contributed by atoms with E-state index >= 15 is 0 Å². The molecule has 18 heavy (non-hydrogen) atoms. The lowest BCUT2D eigenvalue weighted by molar-refractivity contribution is 0.195. The molecule has 2 rings (SSSR count). The van der Waals surface area contributed by atoms with Crippen molar-refractivity contribution in [1.29, 1.82) is 0 Å². The van der Waals surface area contributed by atoms with Crippen LogP contribution >= 0.6 is 0 Å². The minimum Gasteiger partial charge on any atom is -0.324 e. The van der Waals surface area contributed by atoms with Crippen LogP contribution in [0.25, 0.3) is 0 Å². The zero-order valence-corrected chi connectivity index (χ0v) is 10.7. The molecule has 1 heterocycles. The molecular formula is C14H17N3O. The number of aromatic nitrogens is 2. The van der Waals surface area contributed by atoms with E-state index in [1.807, 2.05) is 32.2 Å². The summed E-state index contributed by atoms with van der Waals surface area (Å²) < 4.78 is 1.49. The molecule has 0 saturated carbocycles. The second-order valence-electron chi connectivity index (χ2n) is 4.40. The standard InChI is InChI=1S/C14H17N3O/c1-12(10-13-6-4-3-5-7-13)16(2)14(18)17-9-8-15-11-17/h3-9,11-12H,10H2,1-2H3. The lowest BCUT2D eigenvalue weighted by Gasteiger charge is -2.24. The number of imidazole rings is 1. The molecule has 94 valence electrons. The van der Waals surface area contributed by atoms with Crippen molar-refractivity contribution in [2.75, 3.05) is 7.05 Å². The minimum absolute atomic E-state index is 0.0593. The average molecular weight is 243 g/mol. The topological polar surface area (TPSA) is 38.1 Å². The van der Waals surface area contributed by atoms with Crippen LogP contribution in [0.4, 0.5) is 4.79 Å². The lowest BCUT2D eigenvalue weighted by Crippen LogP contribution is -2.38. The fraction of sp³-hybridized carbons (Fsp3) is 0.286. The molecule has 1 atom stereocenters. The first-order valence-electron chi connectivity index (χ1n) is 5.97. The molecular weight excluding hydrogens is 226 g/mol. The van der Waals surface area contributed by atoms with Gasteiger partial charge in [0, 0.05) is 25.5 Å². The van der Waals surface area contributed by atoms with Gasteiger partial charge in [-0.25, -0.2) is 9.78 Å². The van der Waals surface area contributed by atoms with Crippen molar-refractivity contribution in [2.45, 2.75) is 19.4 Å². The Kier molecular flexibility index (Phi) is 3.77. The molecule has 0 saturated heterocycles. The number of nitrogens with zero attached hydrogens (tertiary/aromatic N) is 3. The average Bonchev–Trinajstić information content (AvgIpc) is 2.92. The maximum atomic E-state index is 12.1. The van der Waals surface area contributed by atoms with Crippen LogP contribution in [-0.4, -0.2) is 33.6 Å². The van der Waals surface area contributed by atoms with Crippen LogP contribution in [0.2, 0.25) is 0 Å². The van der Waals surface area contributed by atoms with Gasteiger partial charge >= 0.3 is 6.03 Å². The molecule has 0 aliphatic carbocycles. The summed E-state index contributed by atoms with van der Waals surface area (Å²) in [6.07, 6.45) is 5.63. The fourth-order valence-electron chi connectivity index (χ4n) is 1.84. The Morgan fingerprint density at radius 1 is 1.39 bits per heavy atom. The molecule has 0 radical (unpaired) electrons. The number of carbonyl (C=O) groups is 1. The Bertz CT molecular complexity index is 493. The van der Waals surface area contributed by atoms with Crippen molar-refractivity contribution in [3.05, 3.63) is 54.6 Å². The number of carbonyl (C=O) groups excluding carboxylic acids is 1. The first-order valence-corrected chi connectivity index (χ1v) is 5.97. The monoisotopic (exact) mass is 243 g/mol. The molecule has 1 amide bonds. The van der Waals surface area contributed by atoms with Crippen LogP contribution in [0.15, 0.2) is 49.1 Å². The molecule has 4 heteroatoms. The van der Waals surface area contributed by atoms with E-state index in [0.29, 0.717) is 0 Å². The molecule has 0 aliphatic heterocycles. The van der Waals surface area contributed by atoms with Crippen LogP contribution in [0.5, 0.6) is 0 Å². The van der Waals surface area contributed by atoms with E-state index in [2.05, 4.69) is 17.1 Å². The minimum atomic E-state index is -0.0593. The van der Waals surface area contributed by atoms with Crippen LogP contribution in [0.3, 0.4) is 0 Å². The smallest absolute Gasteiger partial charge is 0.324 e. The van der Waals surface area contributed by atoms with E-state index in [-0.39, 0.29) is 12.1 Å². The van der Waals surface area contributed by atoms with Crippen molar-refractivity contribution in [1.82, 2.24) is 14.5 Å². The van der Waals surface area contributed by atoms with Crippen molar-refractivity contribution in [3.8, 4) is 0 Å². The third-order valence-corrected chi connectivity index (χ3v) is 3.06. The molecule has 2 aromatic rings. The van der Waals surface area contributed by atoms with E-state index < -0.39 is 0 Å². The summed E-state index contributed by atoms with van der Waals surface area (Å²) >= 11 is 0. The highest BCUT2D eigenvalue weighted by molar-refractivity contribution is 5.76. The molecule has 1 unspecified atom stereocenters. The maximum absolute atomic E-state index is 12.1. The fourth-order valence-corrected chi connectivity index (χ4v) is 1.84. The highest BCUT2D eigenvalue weighted by Crippen LogP contribution is 2.08. The summed E-state index contributed by atoms with van der Waals surface area (Å²) in [5, 5.41) is 0. The first kappa shape index (κ1) is 12.4. The Morgan fingerprint density at radius 2 is 2.11 bits per heavy atom. The normalized spacial score (nSPS) is 12.1. The Balaban J connectivity index is 2.01. The summed E-state index contributed by atoms with van der Waals surface area (Å²) in [7, 11) is 1.82. The Hall–Kier alpha value is -2.10. The van der Waals surface area contributed by atoms with E-state index in [1.165, 1.54) is 16.5 Å². The zero-order valence-electron chi connectivity index (χ0n) is 10.7. The number of hydrogen-bond donors (Lipinski definition) is 0. The maximum Gasteiger partial charge on any atom is 0.329 e. The van der Waals surface area contributed by atoms with Crippen LogP contribution in [0, 0.1) is 0 Å². The van der Waals surface area contributed by atoms with Crippen LogP contribution in [-0.2, 0) is 6.42 Å². The number of amides is 1. The second-order valence-corrected chi connectivity index (χ2v) is 4.40. The predicted molar refractivity (Wildman–Crippen MR) is 70.4 cm³/mol. The van der Waals surface area contributed by atoms with Gasteiger partial charge in [-0.1, -0.05) is 30.3 Å². The molecule has 1 aromatic carbocycles. The summed E-state index contributed by atoms with van der Waals surface area (Å²) in [4.78, 5) is 17.7. The van der Waals surface area contributed by atoms with Gasteiger partial charge in [0.25, 0.3) is 0 Å². The summed E-state index contributed by atoms with van der Waals surface area (Å²) in [6.45, 7) is 2.04. The molecule has 4 nitrogen and oxygen atoms in total. The van der Waals surface area contributed by atoms with Crippen molar-refractivity contribution in [2.24, 2.45) is 0 Å². The van der Waals surface area contributed by atoms with E-state index in [4.69, 9.17) is 0 Å². The van der Waals surface area contributed by atoms with E-state index in [1.54, 1.807) is 17.3 Å². The van der Waals surface area contributed by atoms with Gasteiger partial charge in [0.15, 0.2) is 0 Å². The van der Waals surface area contributed by atoms with Gasteiger partial charge in [0.1, 0.15) is 6.33 Å². The molecule has 0 fully saturated rings. The second kappa shape index (κ2) is 5.49. The van der Waals surface area contributed by atoms with Gasteiger partial charge in [-0.15, -0.1) is 0 Å². The zero-order chi connectivity index (χ0) is 13.0. The largest absolute Gasteiger partial charge is 0.329 e. The van der Waals surface area contributed by atoms with Crippen LogP contribution in [0.1, 0.15) is 12.5 Å². The molecule has 0 bridgehead atoms. The number of likely N-dealkylation sites (N-methyl/N-ethyl adjacent to an activating group) is 1. The van der Waals surface area contributed by atoms with Crippen molar-refractivity contribution >= 4 is 6.03 Å². The summed E-state index contributed by atoms with van der Waals surface area (Å²) in [5.74, 6) is 0. The molecule has 0 spiro atoms. The Morgan fingerprint density at radius 3 is 2.72 bits per heavy atom. The van der Waals surface area contributed by atoms with Crippen LogP contribution < -0.4 is 0 Å². The van der Waals surface area contributed by atoms with E-state index in [0.717, 1.165) is 6.42 Å². The quantitative estimate of drug-likeness (QED) is 0.830. The van der Waals surface area contributed by atoms with Gasteiger partial charge in [-0.05, 0) is 18.9 Å². The highest BCUT2D eigenvalue weighted by Gasteiger charge is 2.17. The van der Waals surface area contributed by atoms with Gasteiger partial charge in [-0.3, -0.25) is 4.57 Å². The number of rotatable bonds is 3. The van der Waals surface area contributed by atoms with Crippen molar-refractivity contribution in [3.63, 3.8) is 0 Å². The lowest BCUT2D eigenvalue weighted by atomic mass is 10.1. The van der Waals surface area contributed by atoms with Gasteiger partial charge in [0.05, 0.1) is 0 Å². The number of benzene rings is 1. The highest BCUT2D eigenvalue weighted by atomic mass is 16.2. The van der Waals surface area contributed by atoms with E-state index in [9.17, 15) is 4.79 Å². The summed E-state index contributed by atoms with van der Waals surface area (Å²) in [6, 6.07) is 10.3. The molecule has 0 aliphatic rings. The Labute approximate surface area is 107 Å². The molecule has 0 N–H and O–H groups in total.